The number of carbonyl (C=O) groups is 2. The van der Waals surface area contributed by atoms with Crippen LogP contribution in [0, 0.1) is 5.82 Å². The molecule has 0 radical (unpaired) electrons. The number of rotatable bonds is 12. The number of hydrogen-bond donors (Lipinski definition) is 1. The minimum Gasteiger partial charge on any atom is -0.347 e. The zero-order valence-electron chi connectivity index (χ0n) is 32.3. The van der Waals surface area contributed by atoms with Gasteiger partial charge in [0.05, 0.1) is 29.9 Å². The smallest absolute Gasteiger partial charge is 0.258 e. The summed E-state index contributed by atoms with van der Waals surface area (Å²) in [6.07, 6.45) is 0.586. The number of ether oxygens (including phenoxy) is 2. The number of carbonyl (C=O) groups excluding carboxylic acids is 2. The van der Waals surface area contributed by atoms with Crippen molar-refractivity contribution in [1.29, 1.82) is 0 Å². The van der Waals surface area contributed by atoms with Crippen LogP contribution in [0.15, 0.2) is 146 Å². The molecule has 5 aromatic carbocycles. The molecule has 1 aliphatic rings. The van der Waals surface area contributed by atoms with E-state index in [0.717, 1.165) is 39.5 Å². The van der Waals surface area contributed by atoms with Gasteiger partial charge in [-0.2, -0.15) is 0 Å². The van der Waals surface area contributed by atoms with E-state index in [4.69, 9.17) is 9.47 Å². The Morgan fingerprint density at radius 1 is 0.750 bits per heavy atom. The minimum atomic E-state index is -0.939. The lowest BCUT2D eigenvalue weighted by molar-refractivity contribution is -0.300. The van der Waals surface area contributed by atoms with E-state index in [1.165, 1.54) is 12.1 Å². The molecule has 1 aromatic heterocycles. The fraction of sp³-hybridized carbons (Fsp3) is 0.250. The number of halogens is 1. The maximum Gasteiger partial charge on any atom is 0.258 e. The summed E-state index contributed by atoms with van der Waals surface area (Å²) in [7, 11) is 0. The number of anilines is 3. The summed E-state index contributed by atoms with van der Waals surface area (Å²) < 4.78 is 29.6. The molecule has 1 aliphatic heterocycles. The number of aromatic nitrogens is 1. The van der Waals surface area contributed by atoms with E-state index >= 15 is 0 Å². The Kier molecular flexibility index (Phi) is 11.6. The van der Waals surface area contributed by atoms with Gasteiger partial charge in [-0.15, -0.1) is 0 Å². The summed E-state index contributed by atoms with van der Waals surface area (Å²) in [6.45, 7) is 8.47. The van der Waals surface area contributed by atoms with Crippen LogP contribution in [0.25, 0.3) is 22.4 Å². The third kappa shape index (κ3) is 8.67. The van der Waals surface area contributed by atoms with Crippen LogP contribution in [0.1, 0.15) is 68.9 Å². The number of nitrogens with one attached hydrogen (secondary N) is 1. The van der Waals surface area contributed by atoms with Gasteiger partial charge in [-0.25, -0.2) is 4.39 Å². The lowest BCUT2D eigenvalue weighted by Gasteiger charge is -2.41. The Morgan fingerprint density at radius 2 is 1.29 bits per heavy atom. The van der Waals surface area contributed by atoms with E-state index in [-0.39, 0.29) is 36.1 Å². The predicted molar refractivity (Wildman–Crippen MR) is 221 cm³/mol. The quantitative estimate of drug-likeness (QED) is 0.135. The van der Waals surface area contributed by atoms with Crippen molar-refractivity contribution in [2.24, 2.45) is 0 Å². The van der Waals surface area contributed by atoms with Crippen LogP contribution in [-0.4, -0.2) is 34.4 Å². The van der Waals surface area contributed by atoms with Crippen LogP contribution in [0.4, 0.5) is 21.5 Å². The Balaban J connectivity index is 1.24. The van der Waals surface area contributed by atoms with Gasteiger partial charge in [0.2, 0.25) is 5.91 Å². The first-order valence-electron chi connectivity index (χ1n) is 19.3. The first-order valence-corrected chi connectivity index (χ1v) is 19.3. The summed E-state index contributed by atoms with van der Waals surface area (Å²) in [5, 5.41) is 3.15. The molecule has 6 aromatic rings. The maximum atomic E-state index is 14.5. The lowest BCUT2D eigenvalue weighted by atomic mass is 9.94. The van der Waals surface area contributed by atoms with E-state index in [9.17, 15) is 14.0 Å². The zero-order valence-corrected chi connectivity index (χ0v) is 32.3. The molecule has 0 unspecified atom stereocenters. The number of amides is 2. The molecular weight excluding hydrogens is 702 g/mol. The zero-order chi connectivity index (χ0) is 39.2. The molecule has 2 atom stereocenters. The summed E-state index contributed by atoms with van der Waals surface area (Å²) in [4.78, 5) is 30.4. The summed E-state index contributed by atoms with van der Waals surface area (Å²) in [5.41, 5.74) is 7.01. The number of nitrogens with zero attached hydrogens (tertiary/aromatic N) is 2. The first-order chi connectivity index (χ1) is 27.1. The molecule has 2 amide bonds. The van der Waals surface area contributed by atoms with Crippen LogP contribution in [0.2, 0.25) is 0 Å². The van der Waals surface area contributed by atoms with E-state index in [2.05, 4.69) is 23.7 Å². The minimum absolute atomic E-state index is 0.0532. The third-order valence-corrected chi connectivity index (χ3v) is 10.1. The second kappa shape index (κ2) is 16.9. The average molecular weight is 750 g/mol. The molecule has 0 aliphatic carbocycles. The van der Waals surface area contributed by atoms with Gasteiger partial charge in [0.25, 0.3) is 5.91 Å². The van der Waals surface area contributed by atoms with Crippen molar-refractivity contribution in [3.8, 4) is 22.4 Å². The number of benzene rings is 5. The molecule has 1 fully saturated rings. The van der Waals surface area contributed by atoms with Gasteiger partial charge in [-0.1, -0.05) is 98.8 Å². The van der Waals surface area contributed by atoms with Crippen molar-refractivity contribution in [3.05, 3.63) is 163 Å². The van der Waals surface area contributed by atoms with Crippen LogP contribution in [0.5, 0.6) is 0 Å². The first kappa shape index (κ1) is 38.4. The molecule has 286 valence electrons. The topological polar surface area (TPSA) is 72.8 Å². The molecular formula is C48H48FN3O4. The molecule has 0 saturated carbocycles. The highest BCUT2D eigenvalue weighted by atomic mass is 19.1. The maximum absolute atomic E-state index is 14.5. The van der Waals surface area contributed by atoms with Gasteiger partial charge in [0, 0.05) is 41.3 Å². The van der Waals surface area contributed by atoms with Crippen LogP contribution < -0.4 is 10.2 Å². The van der Waals surface area contributed by atoms with Crippen LogP contribution in [-0.2, 0) is 20.8 Å². The van der Waals surface area contributed by atoms with Crippen LogP contribution in [0.3, 0.4) is 0 Å². The largest absolute Gasteiger partial charge is 0.347 e. The molecule has 7 nitrogen and oxygen atoms in total. The molecule has 2 heterocycles. The van der Waals surface area contributed by atoms with Crippen molar-refractivity contribution >= 4 is 28.9 Å². The van der Waals surface area contributed by atoms with E-state index in [1.807, 2.05) is 135 Å². The van der Waals surface area contributed by atoms with Crippen molar-refractivity contribution < 1.29 is 23.5 Å². The molecule has 0 bridgehead atoms. The summed E-state index contributed by atoms with van der Waals surface area (Å²) in [6, 6.07) is 45.1. The van der Waals surface area contributed by atoms with E-state index in [1.54, 1.807) is 17.0 Å². The molecule has 0 spiro atoms. The third-order valence-electron chi connectivity index (χ3n) is 10.1. The highest BCUT2D eigenvalue weighted by molar-refractivity contribution is 6.12. The molecule has 56 heavy (non-hydrogen) atoms. The molecule has 1 N–H and O–H groups in total. The SMILES string of the molecule is CC(C)c1c(C(=O)Nc2ccccc2)c(-c2ccccc2)c(-c2ccc(F)cc2)n1CC[C@@H]1C[C@H](CC(=O)N(c2ccccc2)c2ccccc2)OC(C)(C)O1. The molecule has 8 heteroatoms. The molecule has 1 saturated heterocycles. The summed E-state index contributed by atoms with van der Waals surface area (Å²) >= 11 is 0. The lowest BCUT2D eigenvalue weighted by Crippen LogP contribution is -2.46. The fourth-order valence-corrected chi connectivity index (χ4v) is 7.88. The van der Waals surface area contributed by atoms with E-state index < -0.39 is 11.9 Å². The molecule has 7 rings (SSSR count). The Bertz CT molecular complexity index is 2200. The van der Waals surface area contributed by atoms with Gasteiger partial charge in [0.15, 0.2) is 5.79 Å². The predicted octanol–water partition coefficient (Wildman–Crippen LogP) is 11.4. The number of para-hydroxylation sites is 3. The van der Waals surface area contributed by atoms with Crippen molar-refractivity contribution in [1.82, 2.24) is 4.57 Å². The second-order valence-electron chi connectivity index (χ2n) is 15.0. The van der Waals surface area contributed by atoms with Gasteiger partial charge < -0.3 is 19.4 Å². The van der Waals surface area contributed by atoms with Crippen molar-refractivity contribution in [3.63, 3.8) is 0 Å². The van der Waals surface area contributed by atoms with Gasteiger partial charge in [-0.05, 0) is 98.0 Å². The van der Waals surface area contributed by atoms with Gasteiger partial charge in [0.1, 0.15) is 5.82 Å². The number of hydrogen-bond acceptors (Lipinski definition) is 4. The average Bonchev–Trinajstić information content (AvgIpc) is 3.54. The van der Waals surface area contributed by atoms with E-state index in [0.29, 0.717) is 30.6 Å². The monoisotopic (exact) mass is 749 g/mol. The highest BCUT2D eigenvalue weighted by Gasteiger charge is 2.38. The van der Waals surface area contributed by atoms with Gasteiger partial charge in [-0.3, -0.25) is 14.5 Å². The highest BCUT2D eigenvalue weighted by Crippen LogP contribution is 2.43. The Morgan fingerprint density at radius 3 is 1.86 bits per heavy atom. The van der Waals surface area contributed by atoms with Gasteiger partial charge >= 0.3 is 0 Å². The van der Waals surface area contributed by atoms with Crippen LogP contribution >= 0.6 is 0 Å². The standard InChI is InChI=1S/C48H48FN3O4/c1-33(2)45-44(47(54)50-37-19-11-6-12-20-37)43(34-17-9-5-10-18-34)46(35-25-27-36(49)28-26-35)51(45)30-29-40-31-41(56-48(3,4)55-40)32-42(53)52(38-21-13-7-14-22-38)39-23-15-8-16-24-39/h5-28,33,40-41H,29-32H2,1-4H3,(H,50,54)/t40-,41-/m1/s1. The normalized spacial score (nSPS) is 16.4. The Labute approximate surface area is 328 Å². The van der Waals surface area contributed by atoms with Crippen molar-refractivity contribution in [2.75, 3.05) is 10.2 Å². The van der Waals surface area contributed by atoms with Crippen molar-refractivity contribution in [2.45, 2.75) is 77.4 Å². The fourth-order valence-electron chi connectivity index (χ4n) is 7.88. The Hall–Kier alpha value is -5.83. The summed E-state index contributed by atoms with van der Waals surface area (Å²) in [5.74, 6) is -1.62. The second-order valence-corrected chi connectivity index (χ2v) is 15.0.